The summed E-state index contributed by atoms with van der Waals surface area (Å²) in [6.07, 6.45) is 4.89. The van der Waals surface area contributed by atoms with Crippen LogP contribution in [0.15, 0.2) is 24.3 Å². The topological polar surface area (TPSA) is 21.3 Å². The van der Waals surface area contributed by atoms with E-state index in [4.69, 9.17) is 4.74 Å². The summed E-state index contributed by atoms with van der Waals surface area (Å²) in [5.41, 5.74) is 2.82. The Morgan fingerprint density at radius 2 is 2.32 bits per heavy atom. The molecule has 1 aromatic rings. The molecule has 1 fully saturated rings. The third-order valence-corrected chi connectivity index (χ3v) is 4.02. The fraction of sp³-hybridized carbons (Fsp3) is 0.647. The van der Waals surface area contributed by atoms with E-state index in [0.717, 1.165) is 25.7 Å². The summed E-state index contributed by atoms with van der Waals surface area (Å²) in [4.78, 5) is 0. The predicted molar refractivity (Wildman–Crippen MR) is 80.5 cm³/mol. The van der Waals surface area contributed by atoms with E-state index >= 15 is 0 Å². The highest BCUT2D eigenvalue weighted by Gasteiger charge is 2.15. The summed E-state index contributed by atoms with van der Waals surface area (Å²) >= 11 is 0. The van der Waals surface area contributed by atoms with E-state index in [1.165, 1.54) is 36.8 Å². The van der Waals surface area contributed by atoms with Crippen LogP contribution in [-0.4, -0.2) is 25.8 Å². The van der Waals surface area contributed by atoms with Gasteiger partial charge in [-0.1, -0.05) is 29.8 Å². The lowest BCUT2D eigenvalue weighted by atomic mass is 10.0. The van der Waals surface area contributed by atoms with Crippen LogP contribution in [0.2, 0.25) is 0 Å². The number of ether oxygens (including phenoxy) is 1. The quantitative estimate of drug-likeness (QED) is 0.813. The molecule has 106 valence electrons. The summed E-state index contributed by atoms with van der Waals surface area (Å²) in [5, 5.41) is 3.64. The molecule has 2 atom stereocenters. The van der Waals surface area contributed by atoms with E-state index < -0.39 is 0 Å². The molecule has 1 aliphatic heterocycles. The van der Waals surface area contributed by atoms with Gasteiger partial charge in [0.2, 0.25) is 0 Å². The Morgan fingerprint density at radius 1 is 1.42 bits per heavy atom. The lowest BCUT2D eigenvalue weighted by Gasteiger charge is -2.15. The van der Waals surface area contributed by atoms with Gasteiger partial charge in [-0.05, 0) is 57.6 Å². The van der Waals surface area contributed by atoms with Crippen molar-refractivity contribution in [2.75, 3.05) is 19.8 Å². The van der Waals surface area contributed by atoms with Gasteiger partial charge >= 0.3 is 0 Å². The van der Waals surface area contributed by atoms with Crippen LogP contribution in [0, 0.1) is 12.8 Å². The normalized spacial score (nSPS) is 20.6. The molecule has 1 aliphatic rings. The Bertz CT molecular complexity index is 371. The zero-order valence-corrected chi connectivity index (χ0v) is 12.3. The van der Waals surface area contributed by atoms with Gasteiger partial charge in [0.1, 0.15) is 0 Å². The molecular formula is C17H27NO. The summed E-state index contributed by atoms with van der Waals surface area (Å²) < 4.78 is 5.40. The molecule has 0 radical (unpaired) electrons. The molecule has 0 spiro atoms. The van der Waals surface area contributed by atoms with E-state index in [0.29, 0.717) is 6.04 Å². The minimum atomic E-state index is 0.600. The molecule has 2 heteroatoms. The molecule has 2 nitrogen and oxygen atoms in total. The van der Waals surface area contributed by atoms with Crippen LogP contribution in [0.25, 0.3) is 0 Å². The molecule has 0 aromatic heterocycles. The van der Waals surface area contributed by atoms with Crippen LogP contribution in [0.1, 0.15) is 37.3 Å². The van der Waals surface area contributed by atoms with E-state index in [2.05, 4.69) is 43.4 Å². The van der Waals surface area contributed by atoms with E-state index in [1.54, 1.807) is 0 Å². The molecule has 1 N–H and O–H groups in total. The summed E-state index contributed by atoms with van der Waals surface area (Å²) in [6.45, 7) is 7.52. The van der Waals surface area contributed by atoms with Crippen molar-refractivity contribution in [3.63, 3.8) is 0 Å². The van der Waals surface area contributed by atoms with Gasteiger partial charge in [0, 0.05) is 19.3 Å². The van der Waals surface area contributed by atoms with Crippen molar-refractivity contribution < 1.29 is 4.74 Å². The molecule has 0 bridgehead atoms. The zero-order chi connectivity index (χ0) is 13.5. The Morgan fingerprint density at radius 3 is 3.05 bits per heavy atom. The van der Waals surface area contributed by atoms with Crippen molar-refractivity contribution in [1.82, 2.24) is 5.32 Å². The van der Waals surface area contributed by atoms with Crippen molar-refractivity contribution in [2.24, 2.45) is 5.92 Å². The molecule has 0 saturated carbocycles. The molecule has 0 aliphatic carbocycles. The minimum absolute atomic E-state index is 0.600. The van der Waals surface area contributed by atoms with E-state index in [-0.39, 0.29) is 0 Å². The SMILES string of the molecule is Cc1cccc(CCC(C)NCCC2CCOC2)c1. The summed E-state index contributed by atoms with van der Waals surface area (Å²) in [5.74, 6) is 0.788. The maximum atomic E-state index is 5.40. The fourth-order valence-electron chi connectivity index (χ4n) is 2.70. The molecule has 1 heterocycles. The predicted octanol–water partition coefficient (Wildman–Crippen LogP) is 3.33. The largest absolute Gasteiger partial charge is 0.381 e. The molecular weight excluding hydrogens is 234 g/mol. The number of aryl methyl sites for hydroxylation is 2. The number of hydrogen-bond donors (Lipinski definition) is 1. The Balaban J connectivity index is 1.60. The number of nitrogens with one attached hydrogen (secondary N) is 1. The van der Waals surface area contributed by atoms with Gasteiger partial charge in [-0.3, -0.25) is 0 Å². The van der Waals surface area contributed by atoms with Crippen LogP contribution in [0.5, 0.6) is 0 Å². The second-order valence-electron chi connectivity index (χ2n) is 5.90. The molecule has 1 saturated heterocycles. The lowest BCUT2D eigenvalue weighted by molar-refractivity contribution is 0.184. The second kappa shape index (κ2) is 7.66. The van der Waals surface area contributed by atoms with Gasteiger partial charge in [0.15, 0.2) is 0 Å². The molecule has 2 unspecified atom stereocenters. The first-order chi connectivity index (χ1) is 9.24. The smallest absolute Gasteiger partial charge is 0.0495 e. The Hall–Kier alpha value is -0.860. The zero-order valence-electron chi connectivity index (χ0n) is 12.3. The maximum absolute atomic E-state index is 5.40. The first-order valence-electron chi connectivity index (χ1n) is 7.60. The van der Waals surface area contributed by atoms with Crippen LogP contribution in [0.3, 0.4) is 0 Å². The van der Waals surface area contributed by atoms with Crippen molar-refractivity contribution in [2.45, 2.75) is 45.6 Å². The number of rotatable bonds is 7. The number of benzene rings is 1. The molecule has 2 rings (SSSR count). The van der Waals surface area contributed by atoms with E-state index in [1.807, 2.05) is 0 Å². The van der Waals surface area contributed by atoms with Crippen molar-refractivity contribution in [3.8, 4) is 0 Å². The van der Waals surface area contributed by atoms with Crippen LogP contribution < -0.4 is 5.32 Å². The fourth-order valence-corrected chi connectivity index (χ4v) is 2.70. The van der Waals surface area contributed by atoms with Gasteiger partial charge in [-0.25, -0.2) is 0 Å². The average molecular weight is 261 g/mol. The molecule has 1 aromatic carbocycles. The van der Waals surface area contributed by atoms with Crippen molar-refractivity contribution in [3.05, 3.63) is 35.4 Å². The van der Waals surface area contributed by atoms with Crippen LogP contribution in [-0.2, 0) is 11.2 Å². The highest BCUT2D eigenvalue weighted by molar-refractivity contribution is 5.22. The van der Waals surface area contributed by atoms with Gasteiger partial charge in [0.05, 0.1) is 0 Å². The molecule has 19 heavy (non-hydrogen) atoms. The third-order valence-electron chi connectivity index (χ3n) is 4.02. The van der Waals surface area contributed by atoms with Crippen molar-refractivity contribution in [1.29, 1.82) is 0 Å². The lowest BCUT2D eigenvalue weighted by Crippen LogP contribution is -2.28. The second-order valence-corrected chi connectivity index (χ2v) is 5.90. The van der Waals surface area contributed by atoms with Crippen LogP contribution >= 0.6 is 0 Å². The highest BCUT2D eigenvalue weighted by Crippen LogP contribution is 2.15. The summed E-state index contributed by atoms with van der Waals surface area (Å²) in [6, 6.07) is 9.44. The Labute approximate surface area is 117 Å². The standard InChI is InChI=1S/C17H27NO/c1-14-4-3-5-16(12-14)7-6-15(2)18-10-8-17-9-11-19-13-17/h3-5,12,15,17-18H,6-11,13H2,1-2H3. The minimum Gasteiger partial charge on any atom is -0.381 e. The highest BCUT2D eigenvalue weighted by atomic mass is 16.5. The summed E-state index contributed by atoms with van der Waals surface area (Å²) in [7, 11) is 0. The van der Waals surface area contributed by atoms with Gasteiger partial charge < -0.3 is 10.1 Å². The first-order valence-corrected chi connectivity index (χ1v) is 7.60. The van der Waals surface area contributed by atoms with Crippen molar-refractivity contribution >= 4 is 0 Å². The van der Waals surface area contributed by atoms with Gasteiger partial charge in [-0.15, -0.1) is 0 Å². The monoisotopic (exact) mass is 261 g/mol. The average Bonchev–Trinajstić information content (AvgIpc) is 2.90. The maximum Gasteiger partial charge on any atom is 0.0495 e. The third kappa shape index (κ3) is 5.33. The first kappa shape index (κ1) is 14.5. The molecule has 0 amide bonds. The van der Waals surface area contributed by atoms with Gasteiger partial charge in [0.25, 0.3) is 0 Å². The Kier molecular flexibility index (Phi) is 5.87. The van der Waals surface area contributed by atoms with E-state index in [9.17, 15) is 0 Å². The van der Waals surface area contributed by atoms with Crippen LogP contribution in [0.4, 0.5) is 0 Å². The number of hydrogen-bond acceptors (Lipinski definition) is 2. The van der Waals surface area contributed by atoms with Gasteiger partial charge in [-0.2, -0.15) is 0 Å².